The molecular weight excluding hydrogens is 1010 g/mol. The molecule has 72 heavy (non-hydrogen) atoms. The van der Waals surface area contributed by atoms with Gasteiger partial charge in [0.2, 0.25) is 17.8 Å². The molecule has 2 amide bonds. The molecule has 3 aromatic carbocycles. The molecule has 384 valence electrons. The number of aliphatic hydroxyl groups excluding tert-OH is 1. The van der Waals surface area contributed by atoms with E-state index in [0.717, 1.165) is 67.8 Å². The third-order valence-corrected chi connectivity index (χ3v) is 16.8. The minimum absolute atomic E-state index is 0.0790. The smallest absolute Gasteiger partial charge is 0.229 e. The Hall–Kier alpha value is -5.46. The van der Waals surface area contributed by atoms with Gasteiger partial charge in [0, 0.05) is 111 Å². The summed E-state index contributed by atoms with van der Waals surface area (Å²) in [4.78, 5) is 48.2. The van der Waals surface area contributed by atoms with E-state index >= 15 is 8.78 Å². The summed E-state index contributed by atoms with van der Waals surface area (Å²) < 4.78 is 51.1. The number of methoxy groups -OCH3 is 1. The molecule has 16 nitrogen and oxygen atoms in total. The summed E-state index contributed by atoms with van der Waals surface area (Å²) in [5.41, 5.74) is 3.78. The van der Waals surface area contributed by atoms with Crippen molar-refractivity contribution in [1.82, 2.24) is 30.1 Å². The van der Waals surface area contributed by atoms with E-state index in [1.807, 2.05) is 28.0 Å². The summed E-state index contributed by atoms with van der Waals surface area (Å²) in [7, 11) is -1.20. The van der Waals surface area contributed by atoms with Gasteiger partial charge in [-0.3, -0.25) is 14.5 Å². The highest BCUT2D eigenvalue weighted by Gasteiger charge is 2.37. The first kappa shape index (κ1) is 51.4. The number of hydrogen-bond acceptors (Lipinski definition) is 14. The zero-order chi connectivity index (χ0) is 51.2. The van der Waals surface area contributed by atoms with E-state index in [0.29, 0.717) is 88.5 Å². The first-order valence-corrected chi connectivity index (χ1v) is 28.2. The van der Waals surface area contributed by atoms with Crippen molar-refractivity contribution in [3.63, 3.8) is 0 Å². The summed E-state index contributed by atoms with van der Waals surface area (Å²) in [6, 6.07) is 14.4. The summed E-state index contributed by atoms with van der Waals surface area (Å²) in [6.45, 7) is 14.4. The van der Waals surface area contributed by atoms with Gasteiger partial charge >= 0.3 is 0 Å². The molecule has 4 aliphatic heterocycles. The Labute approximate surface area is 427 Å². The molecule has 0 bridgehead atoms. The van der Waals surface area contributed by atoms with Crippen LogP contribution in [0.4, 0.5) is 43.3 Å². The molecule has 20 heteroatoms. The molecule has 0 spiro atoms. The zero-order valence-electron chi connectivity index (χ0n) is 41.6. The van der Waals surface area contributed by atoms with Gasteiger partial charge in [0.25, 0.3) is 0 Å². The number of ether oxygens (including phenoxy) is 1. The van der Waals surface area contributed by atoms with Gasteiger partial charge in [0.05, 0.1) is 40.1 Å². The Morgan fingerprint density at radius 3 is 2.29 bits per heavy atom. The van der Waals surface area contributed by atoms with Crippen LogP contribution in [0, 0.1) is 17.6 Å². The minimum atomic E-state index is -2.85. The quantitative estimate of drug-likeness (QED) is 0.0728. The summed E-state index contributed by atoms with van der Waals surface area (Å²) >= 11 is 3.60. The van der Waals surface area contributed by atoms with Crippen LogP contribution in [0.25, 0.3) is 10.9 Å². The van der Waals surface area contributed by atoms with Crippen molar-refractivity contribution in [3.05, 3.63) is 87.7 Å². The van der Waals surface area contributed by atoms with E-state index in [2.05, 4.69) is 70.7 Å². The number of amides is 2. The molecule has 2 unspecified atom stereocenters. The lowest BCUT2D eigenvalue weighted by atomic mass is 9.88. The highest BCUT2D eigenvalue weighted by molar-refractivity contribution is 9.10. The summed E-state index contributed by atoms with van der Waals surface area (Å²) in [5.74, 6) is -1.48. The minimum Gasteiger partial charge on any atom is -0.494 e. The average Bonchev–Trinajstić information content (AvgIpc) is 3.85. The van der Waals surface area contributed by atoms with Crippen LogP contribution in [0.15, 0.2) is 59.2 Å². The third-order valence-electron chi connectivity index (χ3n) is 14.7. The van der Waals surface area contributed by atoms with Gasteiger partial charge < -0.3 is 50.2 Å². The van der Waals surface area contributed by atoms with Crippen LogP contribution in [-0.2, 0) is 26.2 Å². The molecule has 0 aliphatic carbocycles. The molecule has 4 saturated heterocycles. The number of pyridine rings is 1. The van der Waals surface area contributed by atoms with Crippen molar-refractivity contribution < 1.29 is 37.9 Å². The van der Waals surface area contributed by atoms with Crippen molar-refractivity contribution in [3.8, 4) is 5.75 Å². The number of nitrogens with one attached hydrogen (secondary N) is 3. The maximum absolute atomic E-state index is 15.4. The third kappa shape index (κ3) is 10.8. The molecule has 2 aromatic heterocycles. The van der Waals surface area contributed by atoms with Gasteiger partial charge in [0.15, 0.2) is 0 Å². The average molecular weight is 1070 g/mol. The van der Waals surface area contributed by atoms with Crippen LogP contribution < -0.4 is 35.8 Å². The normalized spacial score (nSPS) is 20.5. The van der Waals surface area contributed by atoms with Gasteiger partial charge in [-0.15, -0.1) is 0 Å². The fourth-order valence-corrected chi connectivity index (χ4v) is 12.6. The van der Waals surface area contributed by atoms with Gasteiger partial charge in [0.1, 0.15) is 42.2 Å². The number of aryl methyl sites for hydroxylation is 1. The fourth-order valence-electron chi connectivity index (χ4n) is 10.9. The Bertz CT molecular complexity index is 2900. The number of aromatic nitrogens is 3. The predicted molar refractivity (Wildman–Crippen MR) is 281 cm³/mol. The number of benzene rings is 3. The van der Waals surface area contributed by atoms with E-state index in [-0.39, 0.29) is 36.1 Å². The molecular formula is C52H64BrF2N10O6P. The molecule has 4 fully saturated rings. The number of nitrogens with zero attached hydrogens (tertiary/aromatic N) is 7. The molecule has 5 N–H and O–H groups in total. The van der Waals surface area contributed by atoms with Crippen LogP contribution in [0.1, 0.15) is 75.6 Å². The van der Waals surface area contributed by atoms with Gasteiger partial charge in [-0.05, 0) is 117 Å². The van der Waals surface area contributed by atoms with Gasteiger partial charge in [-0.25, -0.2) is 18.7 Å². The predicted octanol–water partition coefficient (Wildman–Crippen LogP) is 7.55. The Kier molecular flexibility index (Phi) is 14.9. The van der Waals surface area contributed by atoms with E-state index in [1.165, 1.54) is 12.1 Å². The molecule has 4 aliphatic rings. The number of piperazine rings is 1. The van der Waals surface area contributed by atoms with Crippen LogP contribution in [-0.4, -0.2) is 132 Å². The Morgan fingerprint density at radius 2 is 1.64 bits per heavy atom. The number of fused-ring (bicyclic) bond motifs is 1. The van der Waals surface area contributed by atoms with Crippen molar-refractivity contribution >= 4 is 85.6 Å². The zero-order valence-corrected chi connectivity index (χ0v) is 44.1. The number of rotatable bonds is 13. The lowest BCUT2D eigenvalue weighted by molar-refractivity contribution is -0.137. The summed E-state index contributed by atoms with van der Waals surface area (Å²) in [6.07, 6.45) is 3.87. The molecule has 9 rings (SSSR count). The second-order valence-corrected chi connectivity index (χ2v) is 24.3. The first-order valence-electron chi connectivity index (χ1n) is 24.8. The highest BCUT2D eigenvalue weighted by atomic mass is 79.9. The number of piperidine rings is 2. The number of carbonyl (C=O) groups is 2. The number of carbonyl (C=O) groups excluding carboxylic acids is 2. The maximum Gasteiger partial charge on any atom is 0.229 e. The standard InChI is InChI=1S/C52H64BrF2N10O6P/c1-7-30-24-41(59-51-56-28-36(53)48(61-51)58-40-11-10-39-34(47(40)72(5,6)70)8-12-44(57-39)52(2,3)69)43(71-4)27-42(30)63-18-15-32(16-19-63)62-20-22-64(23-21-62)50(68)31-14-17-65(29-31)33-25-37(54)46(38(55)26-33)35-9-13-45(66)60-49(35)67/h8,10-12,24-28,31-32,35,49,67,69H,7,9,13-23,29H2,1-6H3,(H,60,66)(H2,56,58,59,61)/t31-,35?,49?/m1/s1. The molecule has 3 atom stereocenters. The lowest BCUT2D eigenvalue weighted by Crippen LogP contribution is -2.55. The molecule has 6 heterocycles. The number of hydrogen-bond donors (Lipinski definition) is 5. The first-order chi connectivity index (χ1) is 34.3. The van der Waals surface area contributed by atoms with Gasteiger partial charge in [-0.1, -0.05) is 13.0 Å². The van der Waals surface area contributed by atoms with Crippen LogP contribution in [0.5, 0.6) is 5.75 Å². The van der Waals surface area contributed by atoms with Crippen LogP contribution >= 0.6 is 23.1 Å². The molecule has 0 saturated carbocycles. The number of aliphatic hydroxyl groups is 2. The van der Waals surface area contributed by atoms with E-state index in [1.54, 1.807) is 46.6 Å². The SMILES string of the molecule is CCc1cc(Nc2ncc(Br)c(Nc3ccc4nc(C(C)(C)O)ccc4c3P(C)(C)=O)n2)c(OC)cc1N1CCC(N2CCN(C(=O)[C@@H]3CCN(c4cc(F)c(C5CCC(=O)NC5O)c(F)c4)C3)CC2)CC1. The number of halogens is 3. The monoisotopic (exact) mass is 1070 g/mol. The van der Waals surface area contributed by atoms with E-state index in [9.17, 15) is 24.4 Å². The largest absolute Gasteiger partial charge is 0.494 e. The topological polar surface area (TPSA) is 189 Å². The second kappa shape index (κ2) is 20.8. The Morgan fingerprint density at radius 1 is 0.931 bits per heavy atom. The molecule has 0 radical (unpaired) electrons. The van der Waals surface area contributed by atoms with Crippen molar-refractivity contribution in [2.45, 2.75) is 83.1 Å². The molecule has 5 aromatic rings. The van der Waals surface area contributed by atoms with Crippen molar-refractivity contribution in [2.75, 3.05) is 93.2 Å². The van der Waals surface area contributed by atoms with Crippen LogP contribution in [0.2, 0.25) is 0 Å². The second-order valence-electron chi connectivity index (χ2n) is 20.3. The van der Waals surface area contributed by atoms with E-state index in [4.69, 9.17) is 9.72 Å². The lowest BCUT2D eigenvalue weighted by Gasteiger charge is -2.44. The highest BCUT2D eigenvalue weighted by Crippen LogP contribution is 2.43. The van der Waals surface area contributed by atoms with Crippen molar-refractivity contribution in [2.24, 2.45) is 5.92 Å². The summed E-state index contributed by atoms with van der Waals surface area (Å²) in [5, 5.41) is 31.4. The fraction of sp³-hybridized carbons (Fsp3) is 0.481. The van der Waals surface area contributed by atoms with Crippen molar-refractivity contribution in [1.29, 1.82) is 0 Å². The van der Waals surface area contributed by atoms with Gasteiger partial charge in [-0.2, -0.15) is 4.98 Å². The maximum atomic E-state index is 15.4. The number of anilines is 6. The van der Waals surface area contributed by atoms with E-state index < -0.39 is 36.5 Å². The van der Waals surface area contributed by atoms with Crippen LogP contribution in [0.3, 0.4) is 0 Å². The Balaban J connectivity index is 0.801.